The molecule has 0 saturated heterocycles. The smallest absolute Gasteiger partial charge is 0.143 e. The Hall–Kier alpha value is -6.44. The van der Waals surface area contributed by atoms with Gasteiger partial charge in [0.05, 0.1) is 39.8 Å². The summed E-state index contributed by atoms with van der Waals surface area (Å²) in [5.74, 6) is 0. The van der Waals surface area contributed by atoms with E-state index in [9.17, 15) is 13.7 Å². The van der Waals surface area contributed by atoms with Crippen LogP contribution < -0.4 is 0 Å². The summed E-state index contributed by atoms with van der Waals surface area (Å²) in [4.78, 5) is 0. The molecule has 228 valence electrons. The van der Waals surface area contributed by atoms with Gasteiger partial charge in [0.15, 0.2) is 0 Å². The van der Waals surface area contributed by atoms with Gasteiger partial charge in [-0.2, -0.15) is 0 Å². The molecule has 0 aliphatic carbocycles. The summed E-state index contributed by atoms with van der Waals surface area (Å²) in [6.07, 6.45) is 0. The van der Waals surface area contributed by atoms with Gasteiger partial charge in [-0.3, -0.25) is 0 Å². The van der Waals surface area contributed by atoms with Crippen LogP contribution in [0, 0.1) is 0 Å². The van der Waals surface area contributed by atoms with E-state index in [1.165, 1.54) is 0 Å². The molecule has 0 atom stereocenters. The molecule has 10 rings (SSSR count). The molecule has 0 bridgehead atoms. The third-order valence-electron chi connectivity index (χ3n) is 7.95. The van der Waals surface area contributed by atoms with Crippen LogP contribution in [-0.4, -0.2) is 0 Å². The maximum atomic E-state index is 9.59. The van der Waals surface area contributed by atoms with Gasteiger partial charge in [0.2, 0.25) is 0 Å². The fraction of sp³-hybridized carbons (Fsp3) is 0. The first kappa shape index (κ1) is 11.3. The van der Waals surface area contributed by atoms with Gasteiger partial charge in [0, 0.05) is 21.9 Å². The first-order chi connectivity index (χ1) is 36.4. The van der Waals surface area contributed by atoms with Gasteiger partial charge in [0.1, 0.15) is 11.2 Å². The number of benzene rings is 9. The maximum Gasteiger partial charge on any atom is 0.143 e. The van der Waals surface area contributed by atoms with E-state index in [2.05, 4.69) is 0 Å². The molecular weight excluding hydrogens is 593 g/mol. The normalized spacial score (nSPS) is 20.0. The van der Waals surface area contributed by atoms with E-state index in [4.69, 9.17) is 30.5 Å². The summed E-state index contributed by atoms with van der Waals surface area (Å²) in [7, 11) is 0. The summed E-state index contributed by atoms with van der Waals surface area (Å²) in [5, 5.41) is -5.02. The molecule has 0 radical (unpaired) electrons. The molecule has 0 unspecified atom stereocenters. The SMILES string of the molecule is [2H]c1cc(-c2c([2H])c([2H])c([2H])c3c([2H])c([2H])c([2H])c([2H])c23)c([2H])c([2H])c1-c1c2c([2H])c([2H])c([2H])c([2H])c2c(-c2c([2H])c([2H])c([2H])c3c2oc2c([2H])c([2H])c(-c4c([2H])c([2H])c([2H])c([2H])c4[2H])c([2H])c23)c2c([2H])c([2H])c([2H])c([2H])c12. The number of hydrogen-bond donors (Lipinski definition) is 0. The Morgan fingerprint density at radius 3 is 1.69 bits per heavy atom. The molecule has 49 heavy (non-hydrogen) atoms. The summed E-state index contributed by atoms with van der Waals surface area (Å²) in [6.45, 7) is 0. The second-order valence-electron chi connectivity index (χ2n) is 10.6. The maximum absolute atomic E-state index is 9.59. The highest BCUT2D eigenvalue weighted by Crippen LogP contribution is 2.47. The summed E-state index contributed by atoms with van der Waals surface area (Å²) >= 11 is 0. The van der Waals surface area contributed by atoms with Gasteiger partial charge >= 0.3 is 0 Å². The van der Waals surface area contributed by atoms with Gasteiger partial charge in [-0.05, 0) is 77.8 Å². The van der Waals surface area contributed by atoms with E-state index in [0.29, 0.717) is 0 Å². The monoisotopic (exact) mass is 651 g/mol. The molecular formula is C48H30O. The minimum atomic E-state index is -1.01. The third kappa shape index (κ3) is 4.40. The Morgan fingerprint density at radius 1 is 0.347 bits per heavy atom. The van der Waals surface area contributed by atoms with Crippen molar-refractivity contribution >= 4 is 54.3 Å². The highest BCUT2D eigenvalue weighted by molar-refractivity contribution is 6.24. The Bertz CT molecular complexity index is 4420. The molecule has 0 fully saturated rings. The Labute approximate surface area is 325 Å². The quantitative estimate of drug-likeness (QED) is 0.173. The van der Waals surface area contributed by atoms with Crippen LogP contribution in [0.3, 0.4) is 0 Å². The topological polar surface area (TPSA) is 13.1 Å². The molecule has 0 N–H and O–H groups in total. The third-order valence-corrected chi connectivity index (χ3v) is 7.95. The van der Waals surface area contributed by atoms with Crippen molar-refractivity contribution in [3.63, 3.8) is 0 Å². The van der Waals surface area contributed by atoms with Crippen LogP contribution in [-0.2, 0) is 0 Å². The molecule has 1 aromatic heterocycles. The molecule has 1 heterocycles. The fourth-order valence-electron chi connectivity index (χ4n) is 5.85. The average molecular weight is 652 g/mol. The molecule has 1 heteroatoms. The van der Waals surface area contributed by atoms with Crippen molar-refractivity contribution in [1.29, 1.82) is 0 Å². The first-order valence-corrected chi connectivity index (χ1v) is 14.5. The molecule has 9 aromatic carbocycles. The van der Waals surface area contributed by atoms with Crippen LogP contribution in [0.15, 0.2) is 186 Å². The van der Waals surface area contributed by atoms with E-state index < -0.39 is 274 Å². The van der Waals surface area contributed by atoms with E-state index in [1.54, 1.807) is 0 Å². The molecule has 0 amide bonds. The standard InChI is InChI=1S/C48H30O/c1-2-12-31(13-3-1)35-28-29-45-44(30-35)42-22-11-23-43(48(42)49-45)47-40-19-8-6-17-38(40)46(39-18-7-9-20-41(39)47)34-26-24-33(25-27-34)37-21-10-15-32-14-4-5-16-36(32)37/h1-30H/i1D,2D,3D,4D,5D,6D,7D,8D,9D,10D,11D,12D,13D,14D,15D,16D,17D,18D,19D,20D,21D,22D,23D,24D,26D,27D,28D,29D,30D. The lowest BCUT2D eigenvalue weighted by Crippen LogP contribution is -1.91. The Morgan fingerprint density at radius 2 is 0.918 bits per heavy atom. The Kier molecular flexibility index (Phi) is 2.56. The highest BCUT2D eigenvalue weighted by Gasteiger charge is 2.20. The van der Waals surface area contributed by atoms with Gasteiger partial charge in [-0.25, -0.2) is 0 Å². The Balaban J connectivity index is 1.43. The van der Waals surface area contributed by atoms with Gasteiger partial charge in [0.25, 0.3) is 0 Å². The number of para-hydroxylation sites is 1. The van der Waals surface area contributed by atoms with Crippen molar-refractivity contribution in [1.82, 2.24) is 0 Å². The molecule has 0 aliphatic rings. The van der Waals surface area contributed by atoms with E-state index in [1.807, 2.05) is 0 Å². The summed E-state index contributed by atoms with van der Waals surface area (Å²) < 4.78 is 266. The highest BCUT2D eigenvalue weighted by atomic mass is 16.3. The van der Waals surface area contributed by atoms with Crippen LogP contribution in [0.2, 0.25) is 0 Å². The number of fused-ring (bicyclic) bond motifs is 6. The molecule has 0 aliphatic heterocycles. The van der Waals surface area contributed by atoms with Crippen molar-refractivity contribution in [2.45, 2.75) is 0 Å². The second-order valence-corrected chi connectivity index (χ2v) is 10.6. The van der Waals surface area contributed by atoms with Crippen LogP contribution >= 0.6 is 0 Å². The van der Waals surface area contributed by atoms with Gasteiger partial charge in [-0.1, -0.05) is 169 Å². The number of furan rings is 1. The lowest BCUT2D eigenvalue weighted by atomic mass is 9.85. The summed E-state index contributed by atoms with van der Waals surface area (Å²) in [5.41, 5.74) is -6.72. The second kappa shape index (κ2) is 11.1. The summed E-state index contributed by atoms with van der Waals surface area (Å²) in [6, 6.07) is -25.2. The van der Waals surface area contributed by atoms with Crippen LogP contribution in [0.1, 0.15) is 39.8 Å². The first-order valence-electron chi connectivity index (χ1n) is 29.0. The van der Waals surface area contributed by atoms with E-state index in [-0.39, 0.29) is 0 Å². The van der Waals surface area contributed by atoms with Gasteiger partial charge in [-0.15, -0.1) is 0 Å². The van der Waals surface area contributed by atoms with Crippen molar-refractivity contribution < 1.29 is 44.2 Å². The van der Waals surface area contributed by atoms with Crippen LogP contribution in [0.25, 0.3) is 98.8 Å². The lowest BCUT2D eigenvalue weighted by molar-refractivity contribution is 0.670. The molecule has 0 spiro atoms. The molecule has 1 nitrogen and oxygen atoms in total. The van der Waals surface area contributed by atoms with Crippen molar-refractivity contribution in [3.05, 3.63) is 181 Å². The molecule has 10 aromatic rings. The van der Waals surface area contributed by atoms with Crippen molar-refractivity contribution in [2.75, 3.05) is 0 Å². The minimum Gasteiger partial charge on any atom is -0.455 e. The molecule has 0 saturated carbocycles. The van der Waals surface area contributed by atoms with Crippen LogP contribution in [0.4, 0.5) is 0 Å². The lowest BCUT2D eigenvalue weighted by Gasteiger charge is -2.18. The van der Waals surface area contributed by atoms with Gasteiger partial charge < -0.3 is 4.42 Å². The predicted molar refractivity (Wildman–Crippen MR) is 208 cm³/mol. The average Bonchev–Trinajstić information content (AvgIpc) is 3.85. The van der Waals surface area contributed by atoms with Crippen LogP contribution in [0.5, 0.6) is 0 Å². The zero-order chi connectivity index (χ0) is 57.5. The largest absolute Gasteiger partial charge is 0.455 e. The minimum absolute atomic E-state index is 0.509. The fourth-order valence-corrected chi connectivity index (χ4v) is 5.85. The number of hydrogen-bond acceptors (Lipinski definition) is 1. The zero-order valence-corrected chi connectivity index (χ0v) is 24.5. The van der Waals surface area contributed by atoms with E-state index in [0.717, 1.165) is 6.07 Å². The van der Waals surface area contributed by atoms with Crippen molar-refractivity contribution in [3.8, 4) is 44.5 Å². The van der Waals surface area contributed by atoms with E-state index >= 15 is 0 Å². The predicted octanol–water partition coefficient (Wildman–Crippen LogP) is 13.7. The number of rotatable bonds is 4. The van der Waals surface area contributed by atoms with Crippen molar-refractivity contribution in [2.24, 2.45) is 0 Å². The zero-order valence-electron chi connectivity index (χ0n) is 53.5.